The van der Waals surface area contributed by atoms with Crippen molar-refractivity contribution in [3.63, 3.8) is 0 Å². The van der Waals surface area contributed by atoms with Crippen molar-refractivity contribution in [3.05, 3.63) is 71.6 Å². The van der Waals surface area contributed by atoms with Crippen LogP contribution in [0.5, 0.6) is 11.5 Å². The van der Waals surface area contributed by atoms with E-state index in [1.54, 1.807) is 36.4 Å². The molecular formula is C23H22ClN5O4. The van der Waals surface area contributed by atoms with Crippen molar-refractivity contribution in [3.8, 4) is 11.5 Å². The number of fused-ring (bicyclic) bond motifs is 1. The monoisotopic (exact) mass is 467 g/mol. The summed E-state index contributed by atoms with van der Waals surface area (Å²) in [7, 11) is 0. The number of halogens is 1. The van der Waals surface area contributed by atoms with Gasteiger partial charge in [0.25, 0.3) is 0 Å². The van der Waals surface area contributed by atoms with Gasteiger partial charge in [-0.2, -0.15) is 0 Å². The van der Waals surface area contributed by atoms with Crippen molar-refractivity contribution in [2.24, 2.45) is 5.73 Å². The summed E-state index contributed by atoms with van der Waals surface area (Å²) in [5.41, 5.74) is 7.99. The average molecular weight is 468 g/mol. The molecule has 2 heterocycles. The average Bonchev–Trinajstić information content (AvgIpc) is 3.23. The molecule has 0 aliphatic heterocycles. The summed E-state index contributed by atoms with van der Waals surface area (Å²) in [5, 5.41) is 12.5. The molecule has 0 atom stereocenters. The molecule has 0 aliphatic rings. The number of aliphatic hydroxyl groups excluding tert-OH is 1. The van der Waals surface area contributed by atoms with Gasteiger partial charge < -0.3 is 30.2 Å². The summed E-state index contributed by atoms with van der Waals surface area (Å²) in [6.07, 6.45) is 3.40. The van der Waals surface area contributed by atoms with Crippen LogP contribution in [0.25, 0.3) is 11.0 Å². The normalized spacial score (nSPS) is 11.0. The molecule has 33 heavy (non-hydrogen) atoms. The summed E-state index contributed by atoms with van der Waals surface area (Å²) in [6, 6.07) is 13.7. The first-order valence-electron chi connectivity index (χ1n) is 10.2. The summed E-state index contributed by atoms with van der Waals surface area (Å²) in [4.78, 5) is 20.1. The Balaban J connectivity index is 1.53. The Morgan fingerprint density at radius 3 is 2.82 bits per heavy atom. The molecule has 4 aromatic rings. The maximum absolute atomic E-state index is 11.4. The number of hydrogen-bond donors (Lipinski definition) is 3. The van der Waals surface area contributed by atoms with Crippen molar-refractivity contribution in [2.75, 3.05) is 25.1 Å². The summed E-state index contributed by atoms with van der Waals surface area (Å²) >= 11 is 6.44. The van der Waals surface area contributed by atoms with Crippen LogP contribution >= 0.6 is 11.6 Å². The highest BCUT2D eigenvalue weighted by Crippen LogP contribution is 2.33. The number of nitrogens with zero attached hydrogens (tertiary/aromatic N) is 3. The molecule has 10 heteroatoms. The molecule has 0 fully saturated rings. The highest BCUT2D eigenvalue weighted by molar-refractivity contribution is 6.32. The SMILES string of the molecule is NC(=O)c1cccc(Oc2ccc(Nc3ncnc4ccn(CCOCCO)c34)cc2Cl)c1. The predicted molar refractivity (Wildman–Crippen MR) is 125 cm³/mol. The lowest BCUT2D eigenvalue weighted by Gasteiger charge is -2.13. The standard InChI is InChI=1S/C23H22ClN5O4/c24-18-13-16(4-5-20(18)33-17-3-1-2-15(12-17)22(25)31)28-23-21-19(26-14-27-23)6-7-29(21)8-10-32-11-9-30/h1-7,12-14,30H,8-11H2,(H2,25,31)(H,26,27,28). The fourth-order valence-corrected chi connectivity index (χ4v) is 3.50. The quantitative estimate of drug-likeness (QED) is 0.303. The van der Waals surface area contributed by atoms with Crippen LogP contribution < -0.4 is 15.8 Å². The zero-order chi connectivity index (χ0) is 23.2. The zero-order valence-electron chi connectivity index (χ0n) is 17.6. The van der Waals surface area contributed by atoms with Crippen LogP contribution in [0.4, 0.5) is 11.5 Å². The molecule has 4 rings (SSSR count). The van der Waals surface area contributed by atoms with E-state index in [0.29, 0.717) is 53.3 Å². The van der Waals surface area contributed by atoms with Gasteiger partial charge >= 0.3 is 0 Å². The van der Waals surface area contributed by atoms with Crippen molar-refractivity contribution in [1.82, 2.24) is 14.5 Å². The molecule has 0 unspecified atom stereocenters. The first kappa shape index (κ1) is 22.5. The summed E-state index contributed by atoms with van der Waals surface area (Å²) in [5.74, 6) is 0.965. The number of primary amides is 1. The fourth-order valence-electron chi connectivity index (χ4n) is 3.28. The number of ether oxygens (including phenoxy) is 2. The van der Waals surface area contributed by atoms with Gasteiger partial charge in [0.15, 0.2) is 5.82 Å². The Hall–Kier alpha value is -3.66. The van der Waals surface area contributed by atoms with Gasteiger partial charge in [-0.1, -0.05) is 17.7 Å². The number of hydrogen-bond acceptors (Lipinski definition) is 7. The minimum atomic E-state index is -0.535. The lowest BCUT2D eigenvalue weighted by molar-refractivity contribution is 0.0875. The van der Waals surface area contributed by atoms with Gasteiger partial charge in [-0.05, 0) is 42.5 Å². The second-order valence-electron chi connectivity index (χ2n) is 7.07. The highest BCUT2D eigenvalue weighted by atomic mass is 35.5. The molecule has 0 saturated heterocycles. The number of amides is 1. The lowest BCUT2D eigenvalue weighted by atomic mass is 10.2. The van der Waals surface area contributed by atoms with Crippen LogP contribution in [0.15, 0.2) is 61.1 Å². The summed E-state index contributed by atoms with van der Waals surface area (Å²) in [6.45, 7) is 1.32. The van der Waals surface area contributed by atoms with E-state index in [0.717, 1.165) is 11.0 Å². The number of benzene rings is 2. The van der Waals surface area contributed by atoms with E-state index >= 15 is 0 Å². The molecule has 9 nitrogen and oxygen atoms in total. The van der Waals surface area contributed by atoms with Gasteiger partial charge in [0, 0.05) is 24.0 Å². The van der Waals surface area contributed by atoms with Gasteiger partial charge in [0.05, 0.1) is 30.4 Å². The zero-order valence-corrected chi connectivity index (χ0v) is 18.3. The van der Waals surface area contributed by atoms with E-state index in [1.165, 1.54) is 6.33 Å². The fraction of sp³-hybridized carbons (Fsp3) is 0.174. The number of carbonyl (C=O) groups is 1. The summed E-state index contributed by atoms with van der Waals surface area (Å²) < 4.78 is 13.2. The molecular weight excluding hydrogens is 446 g/mol. The molecule has 4 N–H and O–H groups in total. The van der Waals surface area contributed by atoms with Crippen molar-refractivity contribution in [1.29, 1.82) is 0 Å². The number of aromatic nitrogens is 3. The number of anilines is 2. The van der Waals surface area contributed by atoms with Gasteiger partial charge in [0.2, 0.25) is 5.91 Å². The molecule has 0 radical (unpaired) electrons. The highest BCUT2D eigenvalue weighted by Gasteiger charge is 2.12. The van der Waals surface area contributed by atoms with Crippen LogP contribution in [-0.4, -0.2) is 45.4 Å². The van der Waals surface area contributed by atoms with E-state index in [2.05, 4.69) is 15.3 Å². The van der Waals surface area contributed by atoms with E-state index in [9.17, 15) is 4.79 Å². The van der Waals surface area contributed by atoms with E-state index < -0.39 is 5.91 Å². The first-order valence-corrected chi connectivity index (χ1v) is 10.6. The third-order valence-electron chi connectivity index (χ3n) is 4.80. The van der Waals surface area contributed by atoms with Crippen LogP contribution in [0.3, 0.4) is 0 Å². The second kappa shape index (κ2) is 10.3. The van der Waals surface area contributed by atoms with Crippen LogP contribution in [-0.2, 0) is 11.3 Å². The van der Waals surface area contributed by atoms with Crippen molar-refractivity contribution in [2.45, 2.75) is 6.54 Å². The Labute approximate surface area is 194 Å². The van der Waals surface area contributed by atoms with Gasteiger partial charge in [-0.3, -0.25) is 4.79 Å². The molecule has 2 aromatic heterocycles. The van der Waals surface area contributed by atoms with Gasteiger partial charge in [0.1, 0.15) is 23.3 Å². The number of nitrogens with two attached hydrogens (primary N) is 1. The first-order chi connectivity index (χ1) is 16.0. The Morgan fingerprint density at radius 2 is 2.03 bits per heavy atom. The Bertz CT molecular complexity index is 1280. The molecule has 170 valence electrons. The topological polar surface area (TPSA) is 125 Å². The maximum atomic E-state index is 11.4. The number of rotatable bonds is 10. The Morgan fingerprint density at radius 1 is 1.15 bits per heavy atom. The smallest absolute Gasteiger partial charge is 0.248 e. The maximum Gasteiger partial charge on any atom is 0.248 e. The van der Waals surface area contributed by atoms with Gasteiger partial charge in [-0.15, -0.1) is 0 Å². The minimum absolute atomic E-state index is 0.0145. The van der Waals surface area contributed by atoms with E-state index in [1.807, 2.05) is 22.9 Å². The van der Waals surface area contributed by atoms with Crippen molar-refractivity contribution < 1.29 is 19.4 Å². The van der Waals surface area contributed by atoms with E-state index in [-0.39, 0.29) is 6.61 Å². The number of nitrogens with one attached hydrogen (secondary N) is 1. The molecule has 0 saturated carbocycles. The third-order valence-corrected chi connectivity index (χ3v) is 5.10. The Kier molecular flexibility index (Phi) is 7.04. The second-order valence-corrected chi connectivity index (χ2v) is 7.47. The molecule has 1 amide bonds. The van der Waals surface area contributed by atoms with Crippen LogP contribution in [0.1, 0.15) is 10.4 Å². The van der Waals surface area contributed by atoms with Gasteiger partial charge in [-0.25, -0.2) is 9.97 Å². The molecule has 0 aliphatic carbocycles. The molecule has 0 spiro atoms. The predicted octanol–water partition coefficient (Wildman–Crippen LogP) is 3.73. The molecule has 0 bridgehead atoms. The minimum Gasteiger partial charge on any atom is -0.456 e. The van der Waals surface area contributed by atoms with E-state index in [4.69, 9.17) is 31.9 Å². The number of carbonyl (C=O) groups excluding carboxylic acids is 1. The molecule has 2 aromatic carbocycles. The lowest BCUT2D eigenvalue weighted by Crippen LogP contribution is -2.10. The largest absolute Gasteiger partial charge is 0.456 e. The van der Waals surface area contributed by atoms with Crippen LogP contribution in [0, 0.1) is 0 Å². The third kappa shape index (κ3) is 5.40. The van der Waals surface area contributed by atoms with Crippen LogP contribution in [0.2, 0.25) is 5.02 Å². The van der Waals surface area contributed by atoms with Crippen molar-refractivity contribution >= 4 is 40.0 Å². The number of aliphatic hydroxyl groups is 1.